The summed E-state index contributed by atoms with van der Waals surface area (Å²) in [6.45, 7) is 16.1. The highest BCUT2D eigenvalue weighted by atomic mass is 14.8. The van der Waals surface area contributed by atoms with Gasteiger partial charge in [-0.2, -0.15) is 0 Å². The van der Waals surface area contributed by atoms with E-state index in [-0.39, 0.29) is 5.54 Å². The van der Waals surface area contributed by atoms with Crippen LogP contribution in [0.25, 0.3) is 0 Å². The summed E-state index contributed by atoms with van der Waals surface area (Å²) in [5, 5.41) is 0. The van der Waals surface area contributed by atoms with Crippen molar-refractivity contribution in [1.29, 1.82) is 0 Å². The van der Waals surface area contributed by atoms with Crippen molar-refractivity contribution in [3.8, 4) is 0 Å². The maximum Gasteiger partial charge on any atom is 0.0428 e. The van der Waals surface area contributed by atoms with E-state index in [1.807, 2.05) is 12.2 Å². The lowest BCUT2D eigenvalue weighted by Crippen LogP contribution is -2.56. The van der Waals surface area contributed by atoms with Gasteiger partial charge in [0.15, 0.2) is 0 Å². The van der Waals surface area contributed by atoms with Gasteiger partial charge < -0.3 is 5.73 Å². The molecule has 0 aliphatic heterocycles. The molecule has 0 aromatic carbocycles. The van der Waals surface area contributed by atoms with Gasteiger partial charge in [-0.15, -0.1) is 19.7 Å². The van der Waals surface area contributed by atoms with Gasteiger partial charge >= 0.3 is 0 Å². The molecular weight excluding hydrogens is 182 g/mol. The molecule has 2 N–H and O–H groups in total. The van der Waals surface area contributed by atoms with E-state index in [4.69, 9.17) is 5.73 Å². The fraction of sp³-hybridized carbons (Fsp3) is 0.571. The van der Waals surface area contributed by atoms with Gasteiger partial charge in [-0.3, -0.25) is 0 Å². The number of hydrogen-bond donors (Lipinski definition) is 1. The molecule has 0 heterocycles. The largest absolute Gasteiger partial charge is 0.321 e. The predicted octanol–water partition coefficient (Wildman–Crippen LogP) is 3.15. The summed E-state index contributed by atoms with van der Waals surface area (Å²) in [6.07, 6.45) is 7.04. The molecule has 0 spiro atoms. The van der Waals surface area contributed by atoms with Crippen LogP contribution in [0.2, 0.25) is 0 Å². The summed E-state index contributed by atoms with van der Waals surface area (Å²) >= 11 is 0. The van der Waals surface area contributed by atoms with Gasteiger partial charge in [-0.1, -0.05) is 32.1 Å². The smallest absolute Gasteiger partial charge is 0.0428 e. The second-order valence-electron chi connectivity index (χ2n) is 4.86. The van der Waals surface area contributed by atoms with Crippen molar-refractivity contribution >= 4 is 0 Å². The molecule has 84 valence electrons. The Kier molecular flexibility index (Phi) is 3.56. The fourth-order valence-corrected chi connectivity index (χ4v) is 2.94. The van der Waals surface area contributed by atoms with Gasteiger partial charge in [0.05, 0.1) is 0 Å². The standard InChI is InChI=1S/C14H23N/c1-6-12-9-10(4)14(15,8-3)13(7-2)11(12)5/h6-8,10-13H,1-3,9,15H2,4-5H3. The molecule has 0 bridgehead atoms. The zero-order chi connectivity index (χ0) is 11.6. The van der Waals surface area contributed by atoms with Crippen molar-refractivity contribution in [2.75, 3.05) is 0 Å². The Morgan fingerprint density at radius 2 is 1.80 bits per heavy atom. The normalized spacial score (nSPS) is 45.8. The molecule has 1 rings (SSSR count). The molecule has 1 aliphatic rings. The first kappa shape index (κ1) is 12.3. The summed E-state index contributed by atoms with van der Waals surface area (Å²) in [5.74, 6) is 1.76. The second-order valence-corrected chi connectivity index (χ2v) is 4.86. The molecule has 0 aromatic rings. The van der Waals surface area contributed by atoms with Gasteiger partial charge in [0.1, 0.15) is 0 Å². The summed E-state index contributed by atoms with van der Waals surface area (Å²) in [5.41, 5.74) is 6.14. The summed E-state index contributed by atoms with van der Waals surface area (Å²) in [4.78, 5) is 0. The Morgan fingerprint density at radius 3 is 2.20 bits per heavy atom. The molecule has 1 heteroatoms. The minimum absolute atomic E-state index is 0.293. The highest BCUT2D eigenvalue weighted by Gasteiger charge is 2.45. The quantitative estimate of drug-likeness (QED) is 0.704. The fourth-order valence-electron chi connectivity index (χ4n) is 2.94. The molecule has 0 aromatic heterocycles. The first-order chi connectivity index (χ1) is 7.01. The van der Waals surface area contributed by atoms with Crippen molar-refractivity contribution in [1.82, 2.24) is 0 Å². The molecule has 0 amide bonds. The van der Waals surface area contributed by atoms with Crippen LogP contribution in [0, 0.1) is 23.7 Å². The summed E-state index contributed by atoms with van der Waals surface area (Å²) in [6, 6.07) is 0. The van der Waals surface area contributed by atoms with Crippen LogP contribution >= 0.6 is 0 Å². The Morgan fingerprint density at radius 1 is 1.20 bits per heavy atom. The minimum Gasteiger partial charge on any atom is -0.321 e. The van der Waals surface area contributed by atoms with Gasteiger partial charge in [-0.05, 0) is 24.2 Å². The monoisotopic (exact) mass is 205 g/mol. The van der Waals surface area contributed by atoms with Crippen LogP contribution in [-0.2, 0) is 0 Å². The van der Waals surface area contributed by atoms with Crippen molar-refractivity contribution in [2.24, 2.45) is 29.4 Å². The lowest BCUT2D eigenvalue weighted by atomic mass is 9.59. The van der Waals surface area contributed by atoms with E-state index in [9.17, 15) is 0 Å². The van der Waals surface area contributed by atoms with Crippen LogP contribution in [0.5, 0.6) is 0 Å². The number of hydrogen-bond acceptors (Lipinski definition) is 1. The summed E-state index contributed by atoms with van der Waals surface area (Å²) in [7, 11) is 0. The van der Waals surface area contributed by atoms with Gasteiger partial charge in [-0.25, -0.2) is 0 Å². The predicted molar refractivity (Wildman–Crippen MR) is 67.4 cm³/mol. The Hall–Kier alpha value is -0.820. The third-order valence-electron chi connectivity index (χ3n) is 4.21. The van der Waals surface area contributed by atoms with Crippen molar-refractivity contribution in [3.05, 3.63) is 38.0 Å². The van der Waals surface area contributed by atoms with E-state index in [0.29, 0.717) is 23.7 Å². The highest BCUT2D eigenvalue weighted by Crippen LogP contribution is 2.44. The topological polar surface area (TPSA) is 26.0 Å². The number of allylic oxidation sites excluding steroid dienone is 1. The molecule has 5 unspecified atom stereocenters. The van der Waals surface area contributed by atoms with Crippen LogP contribution in [-0.4, -0.2) is 5.54 Å². The maximum absolute atomic E-state index is 6.44. The lowest BCUT2D eigenvalue weighted by Gasteiger charge is -2.49. The van der Waals surface area contributed by atoms with Gasteiger partial charge in [0.25, 0.3) is 0 Å². The Bertz CT molecular complexity index is 269. The third kappa shape index (κ3) is 1.81. The molecule has 15 heavy (non-hydrogen) atoms. The van der Waals surface area contributed by atoms with Crippen LogP contribution in [0.15, 0.2) is 38.0 Å². The SMILES string of the molecule is C=CC1CC(C)C(N)(C=C)C(C=C)C1C. The van der Waals surface area contributed by atoms with Crippen LogP contribution < -0.4 is 5.73 Å². The molecule has 1 saturated carbocycles. The van der Waals surface area contributed by atoms with Crippen LogP contribution in [0.3, 0.4) is 0 Å². The number of rotatable bonds is 3. The van der Waals surface area contributed by atoms with E-state index in [1.165, 1.54) is 0 Å². The maximum atomic E-state index is 6.44. The van der Waals surface area contributed by atoms with Crippen LogP contribution in [0.4, 0.5) is 0 Å². The first-order valence-corrected chi connectivity index (χ1v) is 5.68. The van der Waals surface area contributed by atoms with Gasteiger partial charge in [0.2, 0.25) is 0 Å². The lowest BCUT2D eigenvalue weighted by molar-refractivity contribution is 0.109. The van der Waals surface area contributed by atoms with E-state index in [2.05, 4.69) is 39.7 Å². The molecule has 0 saturated heterocycles. The Labute approximate surface area is 93.7 Å². The Balaban J connectivity index is 3.06. The molecule has 1 fully saturated rings. The zero-order valence-electron chi connectivity index (χ0n) is 9.95. The average Bonchev–Trinajstić information content (AvgIpc) is 2.24. The third-order valence-corrected chi connectivity index (χ3v) is 4.21. The molecule has 1 aliphatic carbocycles. The zero-order valence-corrected chi connectivity index (χ0v) is 9.95. The van der Waals surface area contributed by atoms with E-state index < -0.39 is 0 Å². The van der Waals surface area contributed by atoms with E-state index in [1.54, 1.807) is 0 Å². The summed E-state index contributed by atoms with van der Waals surface area (Å²) < 4.78 is 0. The van der Waals surface area contributed by atoms with E-state index in [0.717, 1.165) is 6.42 Å². The molecule has 5 atom stereocenters. The second kappa shape index (κ2) is 4.36. The van der Waals surface area contributed by atoms with Crippen molar-refractivity contribution in [2.45, 2.75) is 25.8 Å². The highest BCUT2D eigenvalue weighted by molar-refractivity contribution is 5.18. The minimum atomic E-state index is -0.305. The van der Waals surface area contributed by atoms with E-state index >= 15 is 0 Å². The number of nitrogens with two attached hydrogens (primary N) is 1. The van der Waals surface area contributed by atoms with Crippen LogP contribution in [0.1, 0.15) is 20.3 Å². The van der Waals surface area contributed by atoms with Gasteiger partial charge in [0, 0.05) is 11.5 Å². The van der Waals surface area contributed by atoms with Crippen molar-refractivity contribution < 1.29 is 0 Å². The average molecular weight is 205 g/mol. The molecule has 1 nitrogen and oxygen atoms in total. The van der Waals surface area contributed by atoms with Crippen molar-refractivity contribution in [3.63, 3.8) is 0 Å². The first-order valence-electron chi connectivity index (χ1n) is 5.68. The molecular formula is C14H23N. The molecule has 0 radical (unpaired) electrons.